The number of esters is 2. The standard InChI is InChI=1S/C20H22O5/c1-4-5-9-14-20(18(22)24-2,19(23)25-3)15-10-13-17(21)16-11-7-6-8-12-16/h6-8,10-13H,4,14-15H2,1-3H3/b13-10+. The van der Waals surface area contributed by atoms with Crippen LogP contribution >= 0.6 is 0 Å². The van der Waals surface area contributed by atoms with Gasteiger partial charge in [0.05, 0.1) is 14.2 Å². The third-order valence-electron chi connectivity index (χ3n) is 3.64. The zero-order valence-electron chi connectivity index (χ0n) is 14.7. The summed E-state index contributed by atoms with van der Waals surface area (Å²) in [7, 11) is 2.40. The van der Waals surface area contributed by atoms with Gasteiger partial charge in [-0.2, -0.15) is 0 Å². The molecule has 25 heavy (non-hydrogen) atoms. The zero-order chi connectivity index (χ0) is 18.7. The van der Waals surface area contributed by atoms with Crippen molar-refractivity contribution < 1.29 is 23.9 Å². The van der Waals surface area contributed by atoms with Crippen LogP contribution in [0, 0.1) is 17.3 Å². The molecule has 0 amide bonds. The summed E-state index contributed by atoms with van der Waals surface area (Å²) in [5.74, 6) is 3.95. The summed E-state index contributed by atoms with van der Waals surface area (Å²) in [6, 6.07) is 8.70. The van der Waals surface area contributed by atoms with Crippen LogP contribution < -0.4 is 0 Å². The van der Waals surface area contributed by atoms with E-state index >= 15 is 0 Å². The highest BCUT2D eigenvalue weighted by Gasteiger charge is 2.47. The van der Waals surface area contributed by atoms with Crippen LogP contribution in [0.25, 0.3) is 0 Å². The molecular formula is C20H22O5. The summed E-state index contributed by atoms with van der Waals surface area (Å²) >= 11 is 0. The van der Waals surface area contributed by atoms with Gasteiger partial charge in [0.1, 0.15) is 0 Å². The number of hydrogen-bond acceptors (Lipinski definition) is 5. The van der Waals surface area contributed by atoms with Gasteiger partial charge in [-0.15, -0.1) is 11.8 Å². The highest BCUT2D eigenvalue weighted by molar-refractivity contribution is 6.05. The largest absolute Gasteiger partial charge is 0.468 e. The average Bonchev–Trinajstić information content (AvgIpc) is 2.66. The molecule has 0 saturated carbocycles. The minimum atomic E-state index is -1.58. The number of benzene rings is 1. The molecular weight excluding hydrogens is 320 g/mol. The number of allylic oxidation sites excluding steroid dienone is 2. The van der Waals surface area contributed by atoms with Crippen LogP contribution in [0.1, 0.15) is 36.5 Å². The predicted octanol–water partition coefficient (Wildman–Crippen LogP) is 2.95. The van der Waals surface area contributed by atoms with Gasteiger partial charge in [0.15, 0.2) is 11.2 Å². The first-order chi connectivity index (χ1) is 12.0. The van der Waals surface area contributed by atoms with Gasteiger partial charge in [-0.1, -0.05) is 43.3 Å². The lowest BCUT2D eigenvalue weighted by Crippen LogP contribution is -2.40. The second kappa shape index (κ2) is 10.1. The molecule has 0 aliphatic rings. The van der Waals surface area contributed by atoms with Crippen molar-refractivity contribution in [3.05, 3.63) is 48.0 Å². The molecule has 0 spiro atoms. The lowest BCUT2D eigenvalue weighted by molar-refractivity contribution is -0.168. The second-order valence-corrected chi connectivity index (χ2v) is 5.29. The average molecular weight is 342 g/mol. The quantitative estimate of drug-likeness (QED) is 0.250. The Bertz CT molecular complexity index is 676. The van der Waals surface area contributed by atoms with E-state index in [-0.39, 0.29) is 18.6 Å². The van der Waals surface area contributed by atoms with Crippen LogP contribution in [0.4, 0.5) is 0 Å². The van der Waals surface area contributed by atoms with Crippen molar-refractivity contribution in [2.45, 2.75) is 26.2 Å². The van der Waals surface area contributed by atoms with Gasteiger partial charge in [-0.3, -0.25) is 14.4 Å². The Labute approximate surface area is 148 Å². The zero-order valence-corrected chi connectivity index (χ0v) is 14.7. The summed E-state index contributed by atoms with van der Waals surface area (Å²) in [5, 5.41) is 0. The minimum absolute atomic E-state index is 0.0376. The molecule has 0 bridgehead atoms. The van der Waals surface area contributed by atoms with Crippen LogP contribution in [-0.4, -0.2) is 31.9 Å². The predicted molar refractivity (Wildman–Crippen MR) is 93.7 cm³/mol. The molecule has 1 rings (SSSR count). The SMILES string of the molecule is CCC#CCC(C/C=C/C(=O)c1ccccc1)(C(=O)OC)C(=O)OC. The Morgan fingerprint density at radius 3 is 2.16 bits per heavy atom. The molecule has 0 unspecified atom stereocenters. The fraction of sp³-hybridized carbons (Fsp3) is 0.350. The van der Waals surface area contributed by atoms with E-state index in [1.807, 2.05) is 13.0 Å². The van der Waals surface area contributed by atoms with Crippen molar-refractivity contribution >= 4 is 17.7 Å². The molecule has 0 aliphatic heterocycles. The van der Waals surface area contributed by atoms with Crippen molar-refractivity contribution in [2.75, 3.05) is 14.2 Å². The second-order valence-electron chi connectivity index (χ2n) is 5.29. The molecule has 0 atom stereocenters. The molecule has 0 aromatic heterocycles. The molecule has 1 aromatic rings. The molecule has 0 saturated heterocycles. The number of ketones is 1. The molecule has 0 aliphatic carbocycles. The Morgan fingerprint density at radius 2 is 1.64 bits per heavy atom. The normalized spacial score (nSPS) is 10.7. The summed E-state index contributed by atoms with van der Waals surface area (Å²) in [6.45, 7) is 1.86. The van der Waals surface area contributed by atoms with Crippen LogP contribution in [0.3, 0.4) is 0 Å². The topological polar surface area (TPSA) is 69.7 Å². The van der Waals surface area contributed by atoms with Crippen molar-refractivity contribution in [3.8, 4) is 11.8 Å². The summed E-state index contributed by atoms with van der Waals surface area (Å²) in [4.78, 5) is 36.7. The molecule has 0 fully saturated rings. The maximum atomic E-state index is 12.3. The van der Waals surface area contributed by atoms with Crippen molar-refractivity contribution in [2.24, 2.45) is 5.41 Å². The van der Waals surface area contributed by atoms with Crippen LogP contribution in [0.2, 0.25) is 0 Å². The van der Waals surface area contributed by atoms with Gasteiger partial charge in [-0.05, 0) is 12.5 Å². The van der Waals surface area contributed by atoms with E-state index in [1.54, 1.807) is 24.3 Å². The fourth-order valence-electron chi connectivity index (χ4n) is 2.26. The molecule has 0 heterocycles. The molecule has 0 N–H and O–H groups in total. The summed E-state index contributed by atoms with van der Waals surface area (Å²) < 4.78 is 9.57. The summed E-state index contributed by atoms with van der Waals surface area (Å²) in [5.41, 5.74) is -1.06. The molecule has 132 valence electrons. The van der Waals surface area contributed by atoms with E-state index in [0.717, 1.165) is 0 Å². The van der Waals surface area contributed by atoms with Crippen LogP contribution in [0.15, 0.2) is 42.5 Å². The monoisotopic (exact) mass is 342 g/mol. The van der Waals surface area contributed by atoms with Crippen molar-refractivity contribution in [3.63, 3.8) is 0 Å². The lowest BCUT2D eigenvalue weighted by Gasteiger charge is -2.24. The minimum Gasteiger partial charge on any atom is -0.468 e. The number of ether oxygens (including phenoxy) is 2. The van der Waals surface area contributed by atoms with E-state index in [2.05, 4.69) is 11.8 Å². The van der Waals surface area contributed by atoms with Crippen LogP contribution in [-0.2, 0) is 19.1 Å². The van der Waals surface area contributed by atoms with Gasteiger partial charge in [-0.25, -0.2) is 0 Å². The van der Waals surface area contributed by atoms with E-state index in [0.29, 0.717) is 12.0 Å². The van der Waals surface area contributed by atoms with Crippen molar-refractivity contribution in [1.82, 2.24) is 0 Å². The maximum absolute atomic E-state index is 12.3. The van der Waals surface area contributed by atoms with E-state index in [4.69, 9.17) is 9.47 Å². The number of hydrogen-bond donors (Lipinski definition) is 0. The van der Waals surface area contributed by atoms with E-state index in [1.165, 1.54) is 26.4 Å². The first kappa shape index (κ1) is 20.2. The molecule has 5 nitrogen and oxygen atoms in total. The third-order valence-corrected chi connectivity index (χ3v) is 3.64. The Hall–Kier alpha value is -2.87. The van der Waals surface area contributed by atoms with E-state index < -0.39 is 17.4 Å². The van der Waals surface area contributed by atoms with Crippen molar-refractivity contribution in [1.29, 1.82) is 0 Å². The van der Waals surface area contributed by atoms with Gasteiger partial charge in [0.2, 0.25) is 0 Å². The van der Waals surface area contributed by atoms with Gasteiger partial charge < -0.3 is 9.47 Å². The lowest BCUT2D eigenvalue weighted by atomic mass is 9.81. The van der Waals surface area contributed by atoms with Gasteiger partial charge in [0.25, 0.3) is 0 Å². The number of methoxy groups -OCH3 is 2. The first-order valence-corrected chi connectivity index (χ1v) is 7.90. The highest BCUT2D eigenvalue weighted by atomic mass is 16.5. The Balaban J connectivity index is 3.06. The van der Waals surface area contributed by atoms with Crippen LogP contribution in [0.5, 0.6) is 0 Å². The van der Waals surface area contributed by atoms with Gasteiger partial charge >= 0.3 is 11.9 Å². The van der Waals surface area contributed by atoms with Gasteiger partial charge in [0, 0.05) is 18.4 Å². The number of rotatable bonds is 7. The first-order valence-electron chi connectivity index (χ1n) is 7.90. The number of carbonyl (C=O) groups excluding carboxylic acids is 3. The smallest absolute Gasteiger partial charge is 0.324 e. The Morgan fingerprint density at radius 1 is 1.04 bits per heavy atom. The maximum Gasteiger partial charge on any atom is 0.324 e. The number of carbonyl (C=O) groups is 3. The summed E-state index contributed by atoms with van der Waals surface area (Å²) in [6.07, 6.45) is 3.34. The van der Waals surface area contributed by atoms with E-state index in [9.17, 15) is 14.4 Å². The molecule has 1 aromatic carbocycles. The molecule has 0 radical (unpaired) electrons. The molecule has 5 heteroatoms. The highest BCUT2D eigenvalue weighted by Crippen LogP contribution is 2.30. The Kier molecular flexibility index (Phi) is 8.14. The third kappa shape index (κ3) is 5.32. The fourth-order valence-corrected chi connectivity index (χ4v) is 2.26.